The molecule has 0 fully saturated rings. The van der Waals surface area contributed by atoms with Gasteiger partial charge >= 0.3 is 39.5 Å². The van der Waals surface area contributed by atoms with Crippen molar-refractivity contribution in [3.05, 3.63) is 182 Å². The Bertz CT molecular complexity index is 2650. The maximum absolute atomic E-state index is 13.1. The molecular formula is C83H132O17P2. The van der Waals surface area contributed by atoms with Gasteiger partial charge in [-0.3, -0.25) is 37.3 Å². The number of aliphatic hydroxyl groups excluding tert-OH is 1. The molecule has 19 heteroatoms. The van der Waals surface area contributed by atoms with Gasteiger partial charge in [-0.25, -0.2) is 9.13 Å². The van der Waals surface area contributed by atoms with Crippen LogP contribution in [0.5, 0.6) is 0 Å². The van der Waals surface area contributed by atoms with E-state index in [4.69, 9.17) is 37.0 Å². The van der Waals surface area contributed by atoms with Crippen LogP contribution in [0.25, 0.3) is 0 Å². The van der Waals surface area contributed by atoms with E-state index in [1.165, 1.54) is 0 Å². The molecule has 0 spiro atoms. The number of unbranched alkanes of at least 4 members (excludes halogenated alkanes) is 13. The topological polar surface area (TPSA) is 237 Å². The Labute approximate surface area is 615 Å². The quantitative estimate of drug-likeness (QED) is 0.0169. The van der Waals surface area contributed by atoms with E-state index in [9.17, 15) is 43.2 Å². The highest BCUT2D eigenvalue weighted by atomic mass is 31.2. The molecule has 5 atom stereocenters. The van der Waals surface area contributed by atoms with Gasteiger partial charge in [0, 0.05) is 25.7 Å². The molecule has 0 aromatic carbocycles. The zero-order valence-corrected chi connectivity index (χ0v) is 64.5. The summed E-state index contributed by atoms with van der Waals surface area (Å²) in [5.41, 5.74) is 0. The van der Waals surface area contributed by atoms with Gasteiger partial charge in [-0.1, -0.05) is 242 Å². The van der Waals surface area contributed by atoms with Crippen LogP contribution in [0.4, 0.5) is 0 Å². The molecule has 102 heavy (non-hydrogen) atoms. The van der Waals surface area contributed by atoms with Gasteiger partial charge in [0.25, 0.3) is 0 Å². The van der Waals surface area contributed by atoms with Crippen LogP contribution in [0.15, 0.2) is 182 Å². The number of carbonyl (C=O) groups is 4. The van der Waals surface area contributed by atoms with Gasteiger partial charge in [0.15, 0.2) is 12.2 Å². The SMILES string of the molecule is CC/C=C\C/C=C\C/C=C\C/C=C\CCCCCCC(=O)OCC(COP(=O)(O)OCC(O)COP(=O)(O)OCC(COC(=O)CCCC/C=C\C/C=C\C/C=C\C/C=C\CC)OC(=O)CCCCCCC/C=C\C/C=C\C/C=C\CC)OC(=O)CCCC/C=C\C/C=C\C/C=C\C/C=C\CC. The number of phosphoric acid groups is 2. The third kappa shape index (κ3) is 72.5. The van der Waals surface area contributed by atoms with Crippen LogP contribution in [0.1, 0.15) is 259 Å². The van der Waals surface area contributed by atoms with E-state index in [0.29, 0.717) is 32.1 Å². The van der Waals surface area contributed by atoms with Crippen molar-refractivity contribution in [3.63, 3.8) is 0 Å². The number of carbonyl (C=O) groups excluding carboxylic acids is 4. The highest BCUT2D eigenvalue weighted by Gasteiger charge is 2.30. The Morgan fingerprint density at radius 2 is 0.480 bits per heavy atom. The van der Waals surface area contributed by atoms with Crippen LogP contribution < -0.4 is 0 Å². The molecule has 0 amide bonds. The van der Waals surface area contributed by atoms with Crippen molar-refractivity contribution in [1.82, 2.24) is 0 Å². The minimum atomic E-state index is -5.01. The van der Waals surface area contributed by atoms with Gasteiger partial charge < -0.3 is 33.8 Å². The van der Waals surface area contributed by atoms with Crippen molar-refractivity contribution < 1.29 is 80.2 Å². The van der Waals surface area contributed by atoms with Gasteiger partial charge in [0.05, 0.1) is 26.4 Å². The third-order valence-electron chi connectivity index (χ3n) is 14.9. The maximum atomic E-state index is 13.1. The molecule has 3 N–H and O–H groups in total. The molecule has 0 aromatic rings. The van der Waals surface area contributed by atoms with Gasteiger partial charge in [-0.05, 0) is 173 Å². The monoisotopic (exact) mass is 1460 g/mol. The summed E-state index contributed by atoms with van der Waals surface area (Å²) >= 11 is 0. The summed E-state index contributed by atoms with van der Waals surface area (Å²) in [5, 5.41) is 10.6. The number of ether oxygens (including phenoxy) is 4. The molecule has 0 aromatic heterocycles. The molecule has 0 aliphatic rings. The number of phosphoric ester groups is 2. The molecular weight excluding hydrogens is 1330 g/mol. The van der Waals surface area contributed by atoms with Gasteiger partial charge in [0.2, 0.25) is 0 Å². The normalized spacial score (nSPS) is 14.9. The number of aliphatic hydroxyl groups is 1. The summed E-state index contributed by atoms with van der Waals surface area (Å²) < 4.78 is 68.4. The highest BCUT2D eigenvalue weighted by Crippen LogP contribution is 2.45. The smallest absolute Gasteiger partial charge is 0.462 e. The van der Waals surface area contributed by atoms with Crippen molar-refractivity contribution in [2.75, 3.05) is 39.6 Å². The molecule has 0 saturated heterocycles. The minimum Gasteiger partial charge on any atom is -0.462 e. The molecule has 0 rings (SSSR count). The highest BCUT2D eigenvalue weighted by molar-refractivity contribution is 7.47. The van der Waals surface area contributed by atoms with Crippen molar-refractivity contribution in [2.24, 2.45) is 0 Å². The fourth-order valence-electron chi connectivity index (χ4n) is 9.21. The average Bonchev–Trinajstić information content (AvgIpc) is 0.923. The average molecular weight is 1460 g/mol. The second-order valence-corrected chi connectivity index (χ2v) is 27.3. The van der Waals surface area contributed by atoms with Crippen LogP contribution in [0.2, 0.25) is 0 Å². The van der Waals surface area contributed by atoms with E-state index in [1.807, 2.05) is 0 Å². The summed E-state index contributed by atoms with van der Waals surface area (Å²) in [4.78, 5) is 72.9. The largest absolute Gasteiger partial charge is 0.472 e. The number of esters is 4. The van der Waals surface area contributed by atoms with E-state index in [-0.39, 0.29) is 25.7 Å². The number of hydrogen-bond donors (Lipinski definition) is 3. The van der Waals surface area contributed by atoms with Crippen molar-refractivity contribution in [2.45, 2.75) is 277 Å². The minimum absolute atomic E-state index is 0.0285. The Balaban J connectivity index is 5.49. The molecule has 0 heterocycles. The first-order chi connectivity index (χ1) is 49.7. The van der Waals surface area contributed by atoms with Gasteiger partial charge in [-0.15, -0.1) is 0 Å². The lowest BCUT2D eigenvalue weighted by Gasteiger charge is -2.21. The van der Waals surface area contributed by atoms with E-state index < -0.39 is 97.5 Å². The molecule has 5 unspecified atom stereocenters. The lowest BCUT2D eigenvalue weighted by Crippen LogP contribution is -2.30. The van der Waals surface area contributed by atoms with Crippen molar-refractivity contribution >= 4 is 39.5 Å². The van der Waals surface area contributed by atoms with Crippen LogP contribution in [-0.2, 0) is 65.4 Å². The summed E-state index contributed by atoms with van der Waals surface area (Å²) in [7, 11) is -10.0. The van der Waals surface area contributed by atoms with E-state index in [1.54, 1.807) is 0 Å². The molecule has 0 radical (unpaired) electrons. The van der Waals surface area contributed by atoms with Crippen LogP contribution in [0, 0.1) is 0 Å². The zero-order chi connectivity index (χ0) is 74.6. The third-order valence-corrected chi connectivity index (χ3v) is 16.8. The van der Waals surface area contributed by atoms with Crippen molar-refractivity contribution in [1.29, 1.82) is 0 Å². The molecule has 0 bridgehead atoms. The molecule has 0 aliphatic heterocycles. The van der Waals surface area contributed by atoms with Crippen LogP contribution >= 0.6 is 15.6 Å². The first-order valence-electron chi connectivity index (χ1n) is 38.0. The zero-order valence-electron chi connectivity index (χ0n) is 62.7. The lowest BCUT2D eigenvalue weighted by atomic mass is 10.1. The van der Waals surface area contributed by atoms with Gasteiger partial charge in [-0.2, -0.15) is 0 Å². The Morgan fingerprint density at radius 1 is 0.275 bits per heavy atom. The van der Waals surface area contributed by atoms with E-state index >= 15 is 0 Å². The van der Waals surface area contributed by atoms with Crippen LogP contribution in [-0.4, -0.2) is 96.7 Å². The first kappa shape index (κ1) is 96.2. The Kier molecular flexibility index (Phi) is 69.3. The second kappa shape index (κ2) is 73.5. The predicted molar refractivity (Wildman–Crippen MR) is 417 cm³/mol. The number of rotatable bonds is 69. The van der Waals surface area contributed by atoms with E-state index in [2.05, 4.69) is 210 Å². The van der Waals surface area contributed by atoms with Gasteiger partial charge in [0.1, 0.15) is 19.3 Å². The summed E-state index contributed by atoms with van der Waals surface area (Å²) in [6.07, 6.45) is 87.5. The Morgan fingerprint density at radius 3 is 0.755 bits per heavy atom. The standard InChI is InChI=1S/C83H132O17P2/c1-5-9-13-17-21-25-29-33-37-38-42-44-48-52-56-60-64-68-81(86)94-74-79(100-83(88)70-66-62-58-54-50-46-41-36-32-28-24-20-16-12-8-4)76-98-102(91,92)96-72-77(84)71-95-101(89,90)97-75-78(99-82(87)69-65-61-57-53-49-45-40-35-31-27-23-19-15-11-7-3)73-93-80(85)67-63-59-55-51-47-43-39-34-30-26-22-18-14-10-6-2/h9-16,21-28,33-37,39-42,44,47,50-51,54,77-79,84H,5-8,17-20,29-32,38,43,45-46,48-49,52-53,55-76H2,1-4H3,(H,89,90)(H,91,92)/b13-9-,14-10-,15-11-,16-12-,25-21-,26-22-,27-23-,28-24-,37-33-,39-34-,40-35-,41-36-,44-42-,51-47-,54-50-. The van der Waals surface area contributed by atoms with Crippen molar-refractivity contribution in [3.8, 4) is 0 Å². The number of hydrogen-bond acceptors (Lipinski definition) is 15. The first-order valence-corrected chi connectivity index (χ1v) is 41.0. The van der Waals surface area contributed by atoms with Crippen LogP contribution in [0.3, 0.4) is 0 Å². The fraction of sp³-hybridized carbons (Fsp3) is 0.590. The summed E-state index contributed by atoms with van der Waals surface area (Å²) in [6.45, 7) is 4.23. The second-order valence-electron chi connectivity index (χ2n) is 24.4. The maximum Gasteiger partial charge on any atom is 0.472 e. The fourth-order valence-corrected chi connectivity index (χ4v) is 10.8. The van der Waals surface area contributed by atoms with E-state index in [0.717, 1.165) is 173 Å². The number of allylic oxidation sites excluding steroid dienone is 30. The Hall–Kier alpha value is -5.84. The summed E-state index contributed by atoms with van der Waals surface area (Å²) in [6, 6.07) is 0. The predicted octanol–water partition coefficient (Wildman–Crippen LogP) is 22.0. The lowest BCUT2D eigenvalue weighted by molar-refractivity contribution is -0.161. The summed E-state index contributed by atoms with van der Waals surface area (Å²) in [5.74, 6) is -2.34. The molecule has 576 valence electrons. The molecule has 0 aliphatic carbocycles. The molecule has 17 nitrogen and oxygen atoms in total. The molecule has 0 saturated carbocycles.